The van der Waals surface area contributed by atoms with Crippen LogP contribution < -0.4 is 5.32 Å². The number of nitrogens with one attached hydrogen (secondary N) is 1. The predicted octanol–water partition coefficient (Wildman–Crippen LogP) is 2.77. The van der Waals surface area contributed by atoms with Gasteiger partial charge in [-0.15, -0.1) is 0 Å². The Morgan fingerprint density at radius 2 is 2.06 bits per heavy atom. The highest BCUT2D eigenvalue weighted by Gasteiger charge is 2.38. The summed E-state index contributed by atoms with van der Waals surface area (Å²) in [6.07, 6.45) is 8.69. The van der Waals surface area contributed by atoms with Crippen molar-refractivity contribution in [3.05, 3.63) is 23.5 Å². The second-order valence-corrected chi connectivity index (χ2v) is 5.63. The highest BCUT2D eigenvalue weighted by Crippen LogP contribution is 2.35. The van der Waals surface area contributed by atoms with E-state index in [4.69, 9.17) is 11.6 Å². The highest BCUT2D eigenvalue weighted by molar-refractivity contribution is 6.33. The van der Waals surface area contributed by atoms with Gasteiger partial charge in [0.1, 0.15) is 0 Å². The van der Waals surface area contributed by atoms with Gasteiger partial charge in [0.05, 0.1) is 16.9 Å². The summed E-state index contributed by atoms with van der Waals surface area (Å²) in [5.41, 5.74) is 0.975. The molecule has 0 amide bonds. The van der Waals surface area contributed by atoms with Gasteiger partial charge in [-0.3, -0.25) is 4.98 Å². The summed E-state index contributed by atoms with van der Waals surface area (Å²) in [7, 11) is 2.26. The summed E-state index contributed by atoms with van der Waals surface area (Å²) in [6, 6.07) is 3.89. The summed E-state index contributed by atoms with van der Waals surface area (Å²) >= 11 is 6.15. The molecule has 0 radical (unpaired) electrons. The fourth-order valence-corrected chi connectivity index (χ4v) is 3.39. The molecule has 0 aromatic carbocycles. The van der Waals surface area contributed by atoms with Gasteiger partial charge in [-0.25, -0.2) is 0 Å². The normalized spacial score (nSPS) is 32.7. The number of pyridine rings is 1. The Hall–Kier alpha value is -0.800. The molecule has 0 spiro atoms. The second-order valence-electron chi connectivity index (χ2n) is 5.22. The molecular formula is C13H18ClN3. The lowest BCUT2D eigenvalue weighted by Crippen LogP contribution is -2.44. The van der Waals surface area contributed by atoms with Gasteiger partial charge in [-0.2, -0.15) is 0 Å². The molecule has 2 atom stereocenters. The van der Waals surface area contributed by atoms with Crippen LogP contribution in [0.3, 0.4) is 0 Å². The number of anilines is 1. The topological polar surface area (TPSA) is 28.2 Å². The van der Waals surface area contributed by atoms with Crippen LogP contribution in [-0.4, -0.2) is 35.1 Å². The lowest BCUT2D eigenvalue weighted by atomic mass is 9.98. The third-order valence-corrected chi connectivity index (χ3v) is 4.56. The molecule has 3 nitrogen and oxygen atoms in total. The molecule has 0 saturated carbocycles. The van der Waals surface area contributed by atoms with Crippen molar-refractivity contribution in [2.45, 2.75) is 43.8 Å². The van der Waals surface area contributed by atoms with Gasteiger partial charge in [0.15, 0.2) is 0 Å². The van der Waals surface area contributed by atoms with Gasteiger partial charge >= 0.3 is 0 Å². The largest absolute Gasteiger partial charge is 0.380 e. The number of fused-ring (bicyclic) bond motifs is 2. The van der Waals surface area contributed by atoms with Crippen molar-refractivity contribution in [1.82, 2.24) is 9.88 Å². The zero-order valence-corrected chi connectivity index (χ0v) is 10.8. The number of nitrogens with zero attached hydrogens (tertiary/aromatic N) is 2. The summed E-state index contributed by atoms with van der Waals surface area (Å²) in [5.74, 6) is 0. The van der Waals surface area contributed by atoms with Gasteiger partial charge in [0.25, 0.3) is 0 Å². The van der Waals surface area contributed by atoms with Crippen LogP contribution in [0.1, 0.15) is 25.7 Å². The molecule has 1 N–H and O–H groups in total. The molecule has 3 heterocycles. The standard InChI is InChI=1S/C13H18ClN3/c1-17-10-2-3-11(17)7-9(6-10)16-13-8-15-5-4-12(13)14/h4-5,8-11,16H,2-3,6-7H2,1H3. The molecule has 2 aliphatic heterocycles. The average Bonchev–Trinajstić information content (AvgIpc) is 2.55. The first-order valence-corrected chi connectivity index (χ1v) is 6.70. The minimum absolute atomic E-state index is 0.547. The van der Waals surface area contributed by atoms with Gasteiger partial charge < -0.3 is 10.2 Å². The van der Waals surface area contributed by atoms with Crippen molar-refractivity contribution in [2.75, 3.05) is 12.4 Å². The van der Waals surface area contributed by atoms with E-state index in [0.29, 0.717) is 6.04 Å². The quantitative estimate of drug-likeness (QED) is 0.876. The minimum atomic E-state index is 0.547. The van der Waals surface area contributed by atoms with Crippen LogP contribution in [-0.2, 0) is 0 Å². The van der Waals surface area contributed by atoms with Crippen LogP contribution in [0.25, 0.3) is 0 Å². The maximum atomic E-state index is 6.15. The van der Waals surface area contributed by atoms with Gasteiger partial charge in [-0.05, 0) is 38.8 Å². The molecule has 2 fully saturated rings. The van der Waals surface area contributed by atoms with Crippen molar-refractivity contribution in [3.63, 3.8) is 0 Å². The molecule has 92 valence electrons. The Kier molecular flexibility index (Phi) is 2.97. The first kappa shape index (κ1) is 11.3. The fraction of sp³-hybridized carbons (Fsp3) is 0.615. The van der Waals surface area contributed by atoms with Crippen molar-refractivity contribution in [1.29, 1.82) is 0 Å². The van der Waals surface area contributed by atoms with Crippen molar-refractivity contribution >= 4 is 17.3 Å². The molecule has 17 heavy (non-hydrogen) atoms. The molecule has 3 rings (SSSR count). The zero-order valence-electron chi connectivity index (χ0n) is 10.1. The first-order chi connectivity index (χ1) is 8.24. The predicted molar refractivity (Wildman–Crippen MR) is 70.5 cm³/mol. The van der Waals surface area contributed by atoms with E-state index in [2.05, 4.69) is 22.2 Å². The third kappa shape index (κ3) is 2.14. The Morgan fingerprint density at radius 1 is 1.35 bits per heavy atom. The van der Waals surface area contributed by atoms with E-state index in [1.807, 2.05) is 12.3 Å². The first-order valence-electron chi connectivity index (χ1n) is 6.32. The van der Waals surface area contributed by atoms with Crippen molar-refractivity contribution in [3.8, 4) is 0 Å². The Balaban J connectivity index is 1.70. The number of rotatable bonds is 2. The maximum absolute atomic E-state index is 6.15. The summed E-state index contributed by atoms with van der Waals surface area (Å²) in [4.78, 5) is 6.67. The SMILES string of the molecule is CN1C2CCC1CC(Nc1cnccc1Cl)C2. The molecular weight excluding hydrogens is 234 g/mol. The van der Waals surface area contributed by atoms with E-state index < -0.39 is 0 Å². The van der Waals surface area contributed by atoms with E-state index in [1.54, 1.807) is 6.20 Å². The molecule has 2 unspecified atom stereocenters. The van der Waals surface area contributed by atoms with Crippen LogP contribution in [0.2, 0.25) is 5.02 Å². The van der Waals surface area contributed by atoms with E-state index in [1.165, 1.54) is 25.7 Å². The van der Waals surface area contributed by atoms with Crippen LogP contribution in [0, 0.1) is 0 Å². The van der Waals surface area contributed by atoms with E-state index in [-0.39, 0.29) is 0 Å². The van der Waals surface area contributed by atoms with Gasteiger partial charge in [0.2, 0.25) is 0 Å². The Bertz CT molecular complexity index is 395. The molecule has 1 aromatic rings. The van der Waals surface area contributed by atoms with E-state index in [9.17, 15) is 0 Å². The fourth-order valence-electron chi connectivity index (χ4n) is 3.23. The minimum Gasteiger partial charge on any atom is -0.380 e. The lowest BCUT2D eigenvalue weighted by molar-refractivity contribution is 0.169. The highest BCUT2D eigenvalue weighted by atomic mass is 35.5. The molecule has 4 heteroatoms. The second kappa shape index (κ2) is 4.46. The van der Waals surface area contributed by atoms with Crippen LogP contribution in [0.4, 0.5) is 5.69 Å². The summed E-state index contributed by atoms with van der Waals surface area (Å²) in [6.45, 7) is 0. The molecule has 1 aromatic heterocycles. The van der Waals surface area contributed by atoms with Gasteiger partial charge in [-0.1, -0.05) is 11.6 Å². The Morgan fingerprint density at radius 3 is 2.71 bits per heavy atom. The molecule has 0 aliphatic carbocycles. The maximum Gasteiger partial charge on any atom is 0.0718 e. The summed E-state index contributed by atoms with van der Waals surface area (Å²) in [5, 5.41) is 4.32. The Labute approximate surface area is 107 Å². The van der Waals surface area contributed by atoms with Crippen molar-refractivity contribution in [2.24, 2.45) is 0 Å². The van der Waals surface area contributed by atoms with Gasteiger partial charge in [0, 0.05) is 24.3 Å². The van der Waals surface area contributed by atoms with Crippen LogP contribution >= 0.6 is 11.6 Å². The van der Waals surface area contributed by atoms with E-state index in [0.717, 1.165) is 22.8 Å². The number of piperidine rings is 1. The number of halogens is 1. The summed E-state index contributed by atoms with van der Waals surface area (Å²) < 4.78 is 0. The molecule has 2 aliphatic rings. The number of hydrogen-bond donors (Lipinski definition) is 1. The molecule has 2 saturated heterocycles. The number of aromatic nitrogens is 1. The lowest BCUT2D eigenvalue weighted by Gasteiger charge is -2.37. The molecule has 2 bridgehead atoms. The smallest absolute Gasteiger partial charge is 0.0718 e. The average molecular weight is 252 g/mol. The number of hydrogen-bond acceptors (Lipinski definition) is 3. The van der Waals surface area contributed by atoms with Crippen LogP contribution in [0.15, 0.2) is 18.5 Å². The third-order valence-electron chi connectivity index (χ3n) is 4.23. The van der Waals surface area contributed by atoms with E-state index >= 15 is 0 Å². The zero-order chi connectivity index (χ0) is 11.8. The van der Waals surface area contributed by atoms with Crippen molar-refractivity contribution < 1.29 is 0 Å². The monoisotopic (exact) mass is 251 g/mol. The van der Waals surface area contributed by atoms with Crippen LogP contribution in [0.5, 0.6) is 0 Å².